The fourth-order valence-electron chi connectivity index (χ4n) is 2.74. The Morgan fingerprint density at radius 1 is 1.00 bits per heavy atom. The highest BCUT2D eigenvalue weighted by atomic mass is 15.2. The minimum atomic E-state index is 1.17. The smallest absolute Gasteiger partial charge is 0.0107 e. The summed E-state index contributed by atoms with van der Waals surface area (Å²) in [5.41, 5.74) is 4.34. The Labute approximate surface area is 118 Å². The third-order valence-corrected chi connectivity index (χ3v) is 4.22. The molecule has 0 saturated carbocycles. The zero-order valence-electron chi connectivity index (χ0n) is 12.5. The van der Waals surface area contributed by atoms with E-state index in [9.17, 15) is 0 Å². The van der Waals surface area contributed by atoms with Gasteiger partial charge in [0.1, 0.15) is 0 Å². The second kappa shape index (κ2) is 7.66. The van der Waals surface area contributed by atoms with Gasteiger partial charge in [-0.25, -0.2) is 0 Å². The van der Waals surface area contributed by atoms with E-state index < -0.39 is 0 Å². The molecule has 1 aromatic carbocycles. The average molecular weight is 260 g/mol. The molecule has 1 N–H and O–H groups in total. The molecule has 0 unspecified atom stereocenters. The maximum absolute atomic E-state index is 3.41. The first-order valence-corrected chi connectivity index (χ1v) is 7.75. The molecule has 19 heavy (non-hydrogen) atoms. The van der Waals surface area contributed by atoms with E-state index in [1.807, 2.05) is 0 Å². The summed E-state index contributed by atoms with van der Waals surface area (Å²) in [5, 5.41) is 3.41. The molecule has 1 heterocycles. The fraction of sp³-hybridized carbons (Fsp3) is 0.647. The van der Waals surface area contributed by atoms with Crippen LogP contribution >= 0.6 is 0 Å². The van der Waals surface area contributed by atoms with Crippen molar-refractivity contribution in [3.8, 4) is 0 Å². The van der Waals surface area contributed by atoms with Gasteiger partial charge in [-0.1, -0.05) is 24.6 Å². The van der Waals surface area contributed by atoms with E-state index in [1.165, 1.54) is 75.1 Å². The molecule has 0 amide bonds. The van der Waals surface area contributed by atoms with Crippen LogP contribution in [0.5, 0.6) is 0 Å². The second-order valence-electron chi connectivity index (χ2n) is 5.82. The van der Waals surface area contributed by atoms with Gasteiger partial charge in [0.25, 0.3) is 0 Å². The Hall–Kier alpha value is -0.860. The normalized spacial score (nSPS) is 16.7. The molecule has 0 spiro atoms. The molecule has 1 fully saturated rings. The highest BCUT2D eigenvalue weighted by Gasteiger charge is 2.08. The van der Waals surface area contributed by atoms with Crippen LogP contribution in [0.4, 0.5) is 0 Å². The summed E-state index contributed by atoms with van der Waals surface area (Å²) < 4.78 is 0. The zero-order chi connectivity index (χ0) is 13.5. The molecule has 106 valence electrons. The van der Waals surface area contributed by atoms with Crippen molar-refractivity contribution in [3.63, 3.8) is 0 Å². The number of benzene rings is 1. The molecule has 1 aliphatic heterocycles. The summed E-state index contributed by atoms with van der Waals surface area (Å²) in [5.74, 6) is 0. The minimum Gasteiger partial charge on any atom is -0.314 e. The Bertz CT molecular complexity index is 381. The van der Waals surface area contributed by atoms with Gasteiger partial charge in [0.15, 0.2) is 0 Å². The van der Waals surface area contributed by atoms with Gasteiger partial charge in [-0.2, -0.15) is 0 Å². The van der Waals surface area contributed by atoms with Gasteiger partial charge in [0, 0.05) is 26.2 Å². The SMILES string of the molecule is Cc1ccc(CCCCCN2CCNCC2)cc1C. The number of unbranched alkanes of at least 4 members (excludes halogenated alkanes) is 2. The average Bonchev–Trinajstić information content (AvgIpc) is 2.43. The van der Waals surface area contributed by atoms with Crippen molar-refractivity contribution in [2.24, 2.45) is 0 Å². The highest BCUT2D eigenvalue weighted by molar-refractivity contribution is 5.29. The van der Waals surface area contributed by atoms with Crippen LogP contribution in [0.25, 0.3) is 0 Å². The number of aryl methyl sites for hydroxylation is 3. The molecule has 2 heteroatoms. The van der Waals surface area contributed by atoms with Gasteiger partial charge < -0.3 is 10.2 Å². The monoisotopic (exact) mass is 260 g/mol. The first-order chi connectivity index (χ1) is 9.25. The second-order valence-corrected chi connectivity index (χ2v) is 5.82. The Balaban J connectivity index is 1.59. The Morgan fingerprint density at radius 2 is 1.79 bits per heavy atom. The Morgan fingerprint density at radius 3 is 2.53 bits per heavy atom. The number of nitrogens with zero attached hydrogens (tertiary/aromatic N) is 1. The standard InChI is InChI=1S/C17H28N2/c1-15-7-8-17(14-16(15)2)6-4-3-5-11-19-12-9-18-10-13-19/h7-8,14,18H,3-6,9-13H2,1-2H3. The third kappa shape index (κ3) is 4.96. The van der Waals surface area contributed by atoms with Crippen LogP contribution in [-0.4, -0.2) is 37.6 Å². The van der Waals surface area contributed by atoms with E-state index in [0.29, 0.717) is 0 Å². The van der Waals surface area contributed by atoms with Crippen molar-refractivity contribution in [3.05, 3.63) is 34.9 Å². The fourth-order valence-corrected chi connectivity index (χ4v) is 2.74. The third-order valence-electron chi connectivity index (χ3n) is 4.22. The predicted octanol–water partition coefficient (Wildman–Crippen LogP) is 2.92. The van der Waals surface area contributed by atoms with Crippen molar-refractivity contribution in [2.75, 3.05) is 32.7 Å². The van der Waals surface area contributed by atoms with Crippen molar-refractivity contribution in [1.29, 1.82) is 0 Å². The van der Waals surface area contributed by atoms with Crippen LogP contribution in [0.1, 0.15) is 36.0 Å². The molecular formula is C17H28N2. The quantitative estimate of drug-likeness (QED) is 0.791. The van der Waals surface area contributed by atoms with Gasteiger partial charge >= 0.3 is 0 Å². The van der Waals surface area contributed by atoms with E-state index in [4.69, 9.17) is 0 Å². The molecular weight excluding hydrogens is 232 g/mol. The van der Waals surface area contributed by atoms with E-state index in [2.05, 4.69) is 42.3 Å². The van der Waals surface area contributed by atoms with Gasteiger partial charge in [0.05, 0.1) is 0 Å². The van der Waals surface area contributed by atoms with Crippen molar-refractivity contribution in [1.82, 2.24) is 10.2 Å². The van der Waals surface area contributed by atoms with Crippen LogP contribution < -0.4 is 5.32 Å². The lowest BCUT2D eigenvalue weighted by Gasteiger charge is -2.27. The predicted molar refractivity (Wildman–Crippen MR) is 82.8 cm³/mol. The van der Waals surface area contributed by atoms with Gasteiger partial charge in [-0.3, -0.25) is 0 Å². The summed E-state index contributed by atoms with van der Waals surface area (Å²) in [6.45, 7) is 10.5. The molecule has 0 radical (unpaired) electrons. The zero-order valence-corrected chi connectivity index (χ0v) is 12.5. The lowest BCUT2D eigenvalue weighted by atomic mass is 10.0. The van der Waals surface area contributed by atoms with E-state index in [1.54, 1.807) is 0 Å². The summed E-state index contributed by atoms with van der Waals surface area (Å²) in [7, 11) is 0. The van der Waals surface area contributed by atoms with Crippen LogP contribution in [-0.2, 0) is 6.42 Å². The van der Waals surface area contributed by atoms with Crippen LogP contribution in [0.3, 0.4) is 0 Å². The first kappa shape index (κ1) is 14.5. The van der Waals surface area contributed by atoms with Gasteiger partial charge in [0.2, 0.25) is 0 Å². The number of piperazine rings is 1. The molecule has 1 aliphatic rings. The number of rotatable bonds is 6. The summed E-state index contributed by atoms with van der Waals surface area (Å²) >= 11 is 0. The molecule has 0 aromatic heterocycles. The number of nitrogens with one attached hydrogen (secondary N) is 1. The lowest BCUT2D eigenvalue weighted by molar-refractivity contribution is 0.236. The molecule has 1 aromatic rings. The highest BCUT2D eigenvalue weighted by Crippen LogP contribution is 2.13. The van der Waals surface area contributed by atoms with Crippen LogP contribution in [0.2, 0.25) is 0 Å². The van der Waals surface area contributed by atoms with E-state index in [0.717, 1.165) is 0 Å². The van der Waals surface area contributed by atoms with E-state index >= 15 is 0 Å². The van der Waals surface area contributed by atoms with Gasteiger partial charge in [-0.15, -0.1) is 0 Å². The molecule has 0 aliphatic carbocycles. The number of hydrogen-bond donors (Lipinski definition) is 1. The molecule has 0 bridgehead atoms. The summed E-state index contributed by atoms with van der Waals surface area (Å²) in [4.78, 5) is 2.59. The van der Waals surface area contributed by atoms with Crippen molar-refractivity contribution >= 4 is 0 Å². The molecule has 0 atom stereocenters. The summed E-state index contributed by atoms with van der Waals surface area (Å²) in [6, 6.07) is 6.90. The van der Waals surface area contributed by atoms with Crippen molar-refractivity contribution < 1.29 is 0 Å². The largest absolute Gasteiger partial charge is 0.314 e. The van der Waals surface area contributed by atoms with Crippen LogP contribution in [0.15, 0.2) is 18.2 Å². The van der Waals surface area contributed by atoms with Gasteiger partial charge in [-0.05, 0) is 56.3 Å². The lowest BCUT2D eigenvalue weighted by Crippen LogP contribution is -2.43. The minimum absolute atomic E-state index is 1.17. The molecule has 1 saturated heterocycles. The first-order valence-electron chi connectivity index (χ1n) is 7.75. The maximum atomic E-state index is 3.41. The molecule has 2 rings (SSSR count). The topological polar surface area (TPSA) is 15.3 Å². The number of hydrogen-bond acceptors (Lipinski definition) is 2. The maximum Gasteiger partial charge on any atom is 0.0107 e. The molecule has 2 nitrogen and oxygen atoms in total. The van der Waals surface area contributed by atoms with E-state index in [-0.39, 0.29) is 0 Å². The van der Waals surface area contributed by atoms with Crippen LogP contribution in [0, 0.1) is 13.8 Å². The summed E-state index contributed by atoms with van der Waals surface area (Å²) in [6.07, 6.45) is 5.28. The van der Waals surface area contributed by atoms with Crippen molar-refractivity contribution in [2.45, 2.75) is 39.5 Å². The Kier molecular flexibility index (Phi) is 5.87.